The normalized spacial score (nSPS) is 10.3. The van der Waals surface area contributed by atoms with Crippen LogP contribution in [-0.2, 0) is 0 Å². The summed E-state index contributed by atoms with van der Waals surface area (Å²) in [4.78, 5) is 17.6. The van der Waals surface area contributed by atoms with Gasteiger partial charge in [-0.05, 0) is 49.2 Å². The average molecular weight is 341 g/mol. The van der Waals surface area contributed by atoms with Crippen LogP contribution in [-0.4, -0.2) is 10.9 Å². The van der Waals surface area contributed by atoms with Crippen LogP contribution in [0, 0.1) is 6.92 Å². The van der Waals surface area contributed by atoms with Crippen molar-refractivity contribution in [1.82, 2.24) is 4.98 Å². The van der Waals surface area contributed by atoms with Gasteiger partial charge < -0.3 is 4.72 Å². The summed E-state index contributed by atoms with van der Waals surface area (Å²) in [6.07, 6.45) is 0. The predicted octanol–water partition coefficient (Wildman–Crippen LogP) is 4.82. The molecule has 23 heavy (non-hydrogen) atoms. The van der Waals surface area contributed by atoms with Crippen LogP contribution in [0.25, 0.3) is 0 Å². The summed E-state index contributed by atoms with van der Waals surface area (Å²) < 4.78 is 3.25. The van der Waals surface area contributed by atoms with E-state index in [9.17, 15) is 4.79 Å². The molecule has 2 N–H and O–H groups in total. The minimum Gasteiger partial charge on any atom is -0.326 e. The van der Waals surface area contributed by atoms with E-state index in [0.717, 1.165) is 16.3 Å². The number of hydrogen-bond acceptors (Lipinski definition) is 5. The van der Waals surface area contributed by atoms with Crippen molar-refractivity contribution in [3.8, 4) is 0 Å². The molecule has 3 aromatic rings. The molecule has 0 radical (unpaired) electrons. The number of hydrogen-bond donors (Lipinski definition) is 2. The van der Waals surface area contributed by atoms with E-state index in [1.165, 1.54) is 23.3 Å². The van der Waals surface area contributed by atoms with Gasteiger partial charge in [-0.3, -0.25) is 10.1 Å². The Morgan fingerprint density at radius 3 is 2.70 bits per heavy atom. The number of amides is 1. The Kier molecular flexibility index (Phi) is 4.95. The standard InChI is InChI=1S/C17H15N3OS2/c1-12-11-22-17(18-12)19-16(21)13-6-5-7-14(10-13)20-23-15-8-3-2-4-9-15/h2-11,20H,1H3,(H,18,19,21). The second-order valence-corrected chi connectivity index (χ2v) is 6.58. The van der Waals surface area contributed by atoms with Gasteiger partial charge in [-0.1, -0.05) is 24.3 Å². The monoisotopic (exact) mass is 341 g/mol. The number of carbonyl (C=O) groups excluding carboxylic acids is 1. The Balaban J connectivity index is 1.65. The van der Waals surface area contributed by atoms with Gasteiger partial charge in [0.25, 0.3) is 5.91 Å². The van der Waals surface area contributed by atoms with Crippen molar-refractivity contribution in [3.05, 3.63) is 71.2 Å². The van der Waals surface area contributed by atoms with Crippen LogP contribution in [0.4, 0.5) is 10.8 Å². The first-order valence-corrected chi connectivity index (χ1v) is 8.72. The predicted molar refractivity (Wildman–Crippen MR) is 97.2 cm³/mol. The molecule has 1 heterocycles. The minimum absolute atomic E-state index is 0.160. The zero-order valence-electron chi connectivity index (χ0n) is 12.4. The molecular weight excluding hydrogens is 326 g/mol. The Hall–Kier alpha value is -2.31. The van der Waals surface area contributed by atoms with Crippen molar-refractivity contribution in [2.75, 3.05) is 10.0 Å². The maximum absolute atomic E-state index is 12.3. The lowest BCUT2D eigenvalue weighted by molar-refractivity contribution is 0.102. The molecule has 0 aliphatic rings. The van der Waals surface area contributed by atoms with Crippen LogP contribution in [0.2, 0.25) is 0 Å². The molecule has 116 valence electrons. The summed E-state index contributed by atoms with van der Waals surface area (Å²) >= 11 is 2.93. The lowest BCUT2D eigenvalue weighted by atomic mass is 10.2. The smallest absolute Gasteiger partial charge is 0.257 e. The number of anilines is 2. The molecule has 0 aliphatic carbocycles. The largest absolute Gasteiger partial charge is 0.326 e. The van der Waals surface area contributed by atoms with E-state index in [1.807, 2.05) is 60.8 Å². The molecule has 0 unspecified atom stereocenters. The summed E-state index contributed by atoms with van der Waals surface area (Å²) in [5, 5.41) is 5.34. The average Bonchev–Trinajstić information content (AvgIpc) is 2.99. The number of carbonyl (C=O) groups is 1. The highest BCUT2D eigenvalue weighted by molar-refractivity contribution is 8.00. The first-order valence-electron chi connectivity index (χ1n) is 7.02. The van der Waals surface area contributed by atoms with E-state index < -0.39 is 0 Å². The van der Waals surface area contributed by atoms with Crippen LogP contribution in [0.1, 0.15) is 16.1 Å². The highest BCUT2D eigenvalue weighted by Gasteiger charge is 2.09. The fourth-order valence-electron chi connectivity index (χ4n) is 1.91. The first kappa shape index (κ1) is 15.6. The van der Waals surface area contributed by atoms with Crippen molar-refractivity contribution in [1.29, 1.82) is 0 Å². The van der Waals surface area contributed by atoms with Gasteiger partial charge in [-0.2, -0.15) is 0 Å². The quantitative estimate of drug-likeness (QED) is 0.653. The number of aromatic nitrogens is 1. The second-order valence-electron chi connectivity index (χ2n) is 4.85. The third-order valence-electron chi connectivity index (χ3n) is 2.99. The highest BCUT2D eigenvalue weighted by Crippen LogP contribution is 2.22. The van der Waals surface area contributed by atoms with Crippen molar-refractivity contribution in [2.45, 2.75) is 11.8 Å². The Bertz CT molecular complexity index is 802. The molecule has 4 nitrogen and oxygen atoms in total. The molecule has 0 spiro atoms. The first-order chi connectivity index (χ1) is 11.2. The van der Waals surface area contributed by atoms with Gasteiger partial charge in [0.15, 0.2) is 5.13 Å². The van der Waals surface area contributed by atoms with Crippen molar-refractivity contribution in [2.24, 2.45) is 0 Å². The molecule has 1 aromatic heterocycles. The molecular formula is C17H15N3OS2. The minimum atomic E-state index is -0.160. The molecule has 2 aromatic carbocycles. The number of nitrogens with zero attached hydrogens (tertiary/aromatic N) is 1. The molecule has 0 aliphatic heterocycles. The number of aryl methyl sites for hydroxylation is 1. The Morgan fingerprint density at radius 1 is 1.13 bits per heavy atom. The molecule has 0 fully saturated rings. The summed E-state index contributed by atoms with van der Waals surface area (Å²) in [6.45, 7) is 1.90. The summed E-state index contributed by atoms with van der Waals surface area (Å²) in [5.41, 5.74) is 2.37. The molecule has 1 amide bonds. The van der Waals surface area contributed by atoms with E-state index in [2.05, 4.69) is 15.0 Å². The summed E-state index contributed by atoms with van der Waals surface area (Å²) in [7, 11) is 0. The third-order valence-corrected chi connectivity index (χ3v) is 4.72. The van der Waals surface area contributed by atoms with Crippen molar-refractivity contribution < 1.29 is 4.79 Å². The number of thiazole rings is 1. The van der Waals surface area contributed by atoms with Gasteiger partial charge in [0.05, 0.1) is 5.69 Å². The summed E-state index contributed by atoms with van der Waals surface area (Å²) in [6, 6.07) is 17.4. The lowest BCUT2D eigenvalue weighted by Crippen LogP contribution is -2.11. The topological polar surface area (TPSA) is 54.0 Å². The van der Waals surface area contributed by atoms with Gasteiger partial charge in [-0.25, -0.2) is 4.98 Å². The molecule has 0 bridgehead atoms. The van der Waals surface area contributed by atoms with Crippen molar-refractivity contribution in [3.63, 3.8) is 0 Å². The summed E-state index contributed by atoms with van der Waals surface area (Å²) in [5.74, 6) is -0.160. The zero-order valence-corrected chi connectivity index (χ0v) is 14.1. The Labute approximate surface area is 143 Å². The lowest BCUT2D eigenvalue weighted by Gasteiger charge is -2.07. The Morgan fingerprint density at radius 2 is 1.96 bits per heavy atom. The highest BCUT2D eigenvalue weighted by atomic mass is 32.2. The van der Waals surface area contributed by atoms with Gasteiger partial charge in [0.2, 0.25) is 0 Å². The van der Waals surface area contributed by atoms with Gasteiger partial charge in [-0.15, -0.1) is 11.3 Å². The van der Waals surface area contributed by atoms with E-state index in [1.54, 1.807) is 6.07 Å². The van der Waals surface area contributed by atoms with Gasteiger partial charge >= 0.3 is 0 Å². The van der Waals surface area contributed by atoms with E-state index in [4.69, 9.17) is 0 Å². The molecule has 0 saturated heterocycles. The van der Waals surface area contributed by atoms with Crippen LogP contribution in [0.3, 0.4) is 0 Å². The molecule has 0 atom stereocenters. The fraction of sp³-hybridized carbons (Fsp3) is 0.0588. The maximum Gasteiger partial charge on any atom is 0.257 e. The SMILES string of the molecule is Cc1csc(NC(=O)c2cccc(NSc3ccccc3)c2)n1. The van der Waals surface area contributed by atoms with Gasteiger partial charge in [0, 0.05) is 21.5 Å². The maximum atomic E-state index is 12.3. The number of nitrogens with one attached hydrogen (secondary N) is 2. The fourth-order valence-corrected chi connectivity index (χ4v) is 3.25. The number of rotatable bonds is 5. The third kappa shape index (κ3) is 4.34. The molecule has 6 heteroatoms. The van der Waals surface area contributed by atoms with Crippen molar-refractivity contribution >= 4 is 40.0 Å². The van der Waals surface area contributed by atoms with Crippen LogP contribution in [0.5, 0.6) is 0 Å². The van der Waals surface area contributed by atoms with Crippen LogP contribution < -0.4 is 10.0 Å². The van der Waals surface area contributed by atoms with Crippen LogP contribution >= 0.6 is 23.3 Å². The molecule has 3 rings (SSSR count). The van der Waals surface area contributed by atoms with E-state index in [0.29, 0.717) is 10.7 Å². The van der Waals surface area contributed by atoms with E-state index >= 15 is 0 Å². The van der Waals surface area contributed by atoms with E-state index in [-0.39, 0.29) is 5.91 Å². The number of benzene rings is 2. The second kappa shape index (κ2) is 7.30. The zero-order chi connectivity index (χ0) is 16.1. The van der Waals surface area contributed by atoms with Crippen LogP contribution in [0.15, 0.2) is 64.9 Å². The van der Waals surface area contributed by atoms with Gasteiger partial charge in [0.1, 0.15) is 0 Å². The molecule has 0 saturated carbocycles.